The van der Waals surface area contributed by atoms with Crippen LogP contribution in [0.5, 0.6) is 11.5 Å². The average molecular weight is 442 g/mol. The van der Waals surface area contributed by atoms with Gasteiger partial charge in [0, 0.05) is 35.5 Å². The highest BCUT2D eigenvalue weighted by molar-refractivity contribution is 7.08. The van der Waals surface area contributed by atoms with Crippen LogP contribution < -0.4 is 14.8 Å². The van der Waals surface area contributed by atoms with Gasteiger partial charge in [-0.15, -0.1) is 0 Å². The minimum atomic E-state index is -4.38. The minimum absolute atomic E-state index is 0.0952. The maximum Gasteiger partial charge on any atom is 0.416 e. The number of rotatable bonds is 5. The van der Waals surface area contributed by atoms with Gasteiger partial charge in [-0.2, -0.15) is 24.5 Å². The number of hydrogen-bond acceptors (Lipinski definition) is 5. The molecule has 4 aromatic rings. The number of pyridine rings is 1. The number of aromatic nitrogens is 1. The summed E-state index contributed by atoms with van der Waals surface area (Å²) in [4.78, 5) is 4.83. The molecule has 2 aromatic carbocycles. The fraction of sp³-hybridized carbons (Fsp3) is 0.174. The lowest BCUT2D eigenvalue weighted by atomic mass is 10.0. The van der Waals surface area contributed by atoms with E-state index in [1.807, 2.05) is 35.0 Å². The van der Waals surface area contributed by atoms with Crippen LogP contribution in [0.4, 0.5) is 13.2 Å². The van der Waals surface area contributed by atoms with Crippen molar-refractivity contribution >= 4 is 22.2 Å². The molecular formula is C23H17F3N2O2S. The van der Waals surface area contributed by atoms with E-state index in [9.17, 15) is 13.2 Å². The summed E-state index contributed by atoms with van der Waals surface area (Å²) < 4.78 is 50.7. The van der Waals surface area contributed by atoms with Gasteiger partial charge in [0.25, 0.3) is 0 Å². The van der Waals surface area contributed by atoms with Gasteiger partial charge in [-0.3, -0.25) is 0 Å². The molecule has 158 valence electrons. The molecule has 4 nitrogen and oxygen atoms in total. The lowest BCUT2D eigenvalue weighted by molar-refractivity contribution is -0.138. The zero-order chi connectivity index (χ0) is 21.4. The van der Waals surface area contributed by atoms with Gasteiger partial charge in [0.15, 0.2) is 11.5 Å². The molecule has 0 aliphatic carbocycles. The van der Waals surface area contributed by atoms with E-state index in [2.05, 4.69) is 5.32 Å². The van der Waals surface area contributed by atoms with Crippen LogP contribution in [0.1, 0.15) is 16.7 Å². The lowest BCUT2D eigenvalue weighted by Crippen LogP contribution is -2.17. The van der Waals surface area contributed by atoms with Crippen LogP contribution in [-0.4, -0.2) is 11.8 Å². The number of thiophene rings is 1. The summed E-state index contributed by atoms with van der Waals surface area (Å²) in [6, 6.07) is 13.3. The van der Waals surface area contributed by atoms with Crippen molar-refractivity contribution in [2.75, 3.05) is 6.79 Å². The molecule has 0 amide bonds. The Kier molecular flexibility index (Phi) is 5.03. The molecule has 8 heteroatoms. The normalized spacial score (nSPS) is 13.1. The second-order valence-corrected chi connectivity index (χ2v) is 7.94. The van der Waals surface area contributed by atoms with Crippen molar-refractivity contribution in [1.29, 1.82) is 0 Å². The van der Waals surface area contributed by atoms with E-state index >= 15 is 0 Å². The molecule has 0 bridgehead atoms. The van der Waals surface area contributed by atoms with Gasteiger partial charge in [-0.1, -0.05) is 18.2 Å². The van der Waals surface area contributed by atoms with Crippen LogP contribution in [0.3, 0.4) is 0 Å². The molecule has 3 heterocycles. The first-order valence-corrected chi connectivity index (χ1v) is 10.5. The van der Waals surface area contributed by atoms with Gasteiger partial charge >= 0.3 is 6.18 Å². The Bertz CT molecular complexity index is 1240. The van der Waals surface area contributed by atoms with Crippen molar-refractivity contribution in [3.05, 3.63) is 76.0 Å². The van der Waals surface area contributed by atoms with E-state index in [0.29, 0.717) is 18.0 Å². The van der Waals surface area contributed by atoms with Crippen molar-refractivity contribution in [3.63, 3.8) is 0 Å². The predicted molar refractivity (Wildman–Crippen MR) is 113 cm³/mol. The van der Waals surface area contributed by atoms with E-state index in [1.54, 1.807) is 17.4 Å². The standard InChI is InChI=1S/C23H17F3N2O2S/c24-23(25,26)18-4-2-1-3-14(18)10-27-11-17-7-16-8-20-21(30-13-29-20)9-19(16)28-22(17)15-5-6-31-12-15/h1-9,12,27H,10-11,13H2. The smallest absolute Gasteiger partial charge is 0.416 e. The molecular weight excluding hydrogens is 425 g/mol. The second-order valence-electron chi connectivity index (χ2n) is 7.16. The third-order valence-corrected chi connectivity index (χ3v) is 5.82. The Hall–Kier alpha value is -3.10. The number of nitrogens with zero attached hydrogens (tertiary/aromatic N) is 1. The van der Waals surface area contributed by atoms with Gasteiger partial charge in [-0.25, -0.2) is 4.98 Å². The van der Waals surface area contributed by atoms with Gasteiger partial charge < -0.3 is 14.8 Å². The van der Waals surface area contributed by atoms with Crippen LogP contribution in [0.25, 0.3) is 22.2 Å². The highest BCUT2D eigenvalue weighted by Crippen LogP contribution is 2.37. The molecule has 0 fully saturated rings. The number of halogens is 3. The number of hydrogen-bond donors (Lipinski definition) is 1. The number of fused-ring (bicyclic) bond motifs is 2. The third kappa shape index (κ3) is 3.96. The molecule has 1 N–H and O–H groups in total. The molecule has 0 saturated carbocycles. The highest BCUT2D eigenvalue weighted by atomic mass is 32.1. The van der Waals surface area contributed by atoms with Crippen molar-refractivity contribution < 1.29 is 22.6 Å². The Morgan fingerprint density at radius 3 is 2.52 bits per heavy atom. The zero-order valence-electron chi connectivity index (χ0n) is 16.2. The number of nitrogens with one attached hydrogen (secondary N) is 1. The molecule has 0 saturated heterocycles. The molecule has 2 aromatic heterocycles. The number of alkyl halides is 3. The Balaban J connectivity index is 1.46. The second kappa shape index (κ2) is 7.86. The van der Waals surface area contributed by atoms with Gasteiger partial charge in [0.1, 0.15) is 0 Å². The molecule has 1 aliphatic rings. The van der Waals surface area contributed by atoms with Crippen molar-refractivity contribution in [2.24, 2.45) is 0 Å². The largest absolute Gasteiger partial charge is 0.454 e. The maximum absolute atomic E-state index is 13.3. The van der Waals surface area contributed by atoms with Crippen LogP contribution in [0, 0.1) is 0 Å². The summed E-state index contributed by atoms with van der Waals surface area (Å²) in [6.07, 6.45) is -4.38. The molecule has 0 spiro atoms. The van der Waals surface area contributed by atoms with Crippen molar-refractivity contribution in [1.82, 2.24) is 10.3 Å². The Morgan fingerprint density at radius 1 is 0.968 bits per heavy atom. The summed E-state index contributed by atoms with van der Waals surface area (Å²) in [6.45, 7) is 0.642. The first-order chi connectivity index (χ1) is 15.0. The van der Waals surface area contributed by atoms with Crippen molar-refractivity contribution in [2.45, 2.75) is 19.3 Å². The quantitative estimate of drug-likeness (QED) is 0.412. The Labute approximate surface area is 180 Å². The molecule has 31 heavy (non-hydrogen) atoms. The summed E-state index contributed by atoms with van der Waals surface area (Å²) in [5.74, 6) is 1.32. The van der Waals surface area contributed by atoms with Gasteiger partial charge in [-0.05, 0) is 40.8 Å². The Morgan fingerprint density at radius 2 is 1.74 bits per heavy atom. The lowest BCUT2D eigenvalue weighted by Gasteiger charge is -2.15. The molecule has 5 rings (SSSR count). The van der Waals surface area contributed by atoms with Crippen LogP contribution >= 0.6 is 11.3 Å². The van der Waals surface area contributed by atoms with E-state index in [4.69, 9.17) is 14.5 Å². The van der Waals surface area contributed by atoms with Crippen LogP contribution in [0.15, 0.2) is 59.3 Å². The third-order valence-electron chi connectivity index (χ3n) is 5.14. The molecule has 0 unspecified atom stereocenters. The van der Waals surface area contributed by atoms with Gasteiger partial charge in [0.05, 0.1) is 16.8 Å². The van der Waals surface area contributed by atoms with Crippen molar-refractivity contribution in [3.8, 4) is 22.8 Å². The van der Waals surface area contributed by atoms with E-state index < -0.39 is 11.7 Å². The van der Waals surface area contributed by atoms with E-state index in [0.717, 1.165) is 33.8 Å². The van der Waals surface area contributed by atoms with Crippen LogP contribution in [-0.2, 0) is 19.3 Å². The summed E-state index contributed by atoms with van der Waals surface area (Å²) in [5.41, 5.74) is 3.03. The monoisotopic (exact) mass is 442 g/mol. The fourth-order valence-corrected chi connectivity index (χ4v) is 4.32. The van der Waals surface area contributed by atoms with E-state index in [1.165, 1.54) is 12.1 Å². The first kappa shape index (κ1) is 19.8. The molecule has 1 aliphatic heterocycles. The summed E-state index contributed by atoms with van der Waals surface area (Å²) in [5, 5.41) is 8.02. The summed E-state index contributed by atoms with van der Waals surface area (Å²) in [7, 11) is 0. The fourth-order valence-electron chi connectivity index (χ4n) is 3.67. The zero-order valence-corrected chi connectivity index (χ0v) is 17.0. The van der Waals surface area contributed by atoms with Crippen LogP contribution in [0.2, 0.25) is 0 Å². The average Bonchev–Trinajstić information content (AvgIpc) is 3.43. The minimum Gasteiger partial charge on any atom is -0.454 e. The summed E-state index contributed by atoms with van der Waals surface area (Å²) >= 11 is 1.56. The maximum atomic E-state index is 13.3. The highest BCUT2D eigenvalue weighted by Gasteiger charge is 2.32. The number of ether oxygens (including phenoxy) is 2. The number of benzene rings is 2. The molecule has 0 atom stereocenters. The topological polar surface area (TPSA) is 43.4 Å². The molecule has 0 radical (unpaired) electrons. The predicted octanol–water partition coefficient (Wildman–Crippen LogP) is 6.00. The SMILES string of the molecule is FC(F)(F)c1ccccc1CNCc1cc2cc3c(cc2nc1-c1ccsc1)OCO3. The van der Waals surface area contributed by atoms with E-state index in [-0.39, 0.29) is 18.9 Å². The first-order valence-electron chi connectivity index (χ1n) is 9.61. The van der Waals surface area contributed by atoms with Gasteiger partial charge in [0.2, 0.25) is 6.79 Å².